The van der Waals surface area contributed by atoms with E-state index in [9.17, 15) is 0 Å². The molecule has 1 aromatic carbocycles. The molecule has 1 aliphatic heterocycles. The third-order valence-electron chi connectivity index (χ3n) is 4.73. The molecule has 1 saturated heterocycles. The van der Waals surface area contributed by atoms with E-state index in [1.165, 1.54) is 25.7 Å². The van der Waals surface area contributed by atoms with Crippen LogP contribution in [-0.4, -0.2) is 13.2 Å². The first-order valence-corrected chi connectivity index (χ1v) is 7.44. The zero-order valence-corrected chi connectivity index (χ0v) is 12.0. The number of nitriles is 1. The third kappa shape index (κ3) is 2.72. The molecule has 0 unspecified atom stereocenters. The van der Waals surface area contributed by atoms with E-state index in [4.69, 9.17) is 14.7 Å². The summed E-state index contributed by atoms with van der Waals surface area (Å²) in [6, 6.07) is 9.60. The highest BCUT2D eigenvalue weighted by atomic mass is 16.7. The Balaban J connectivity index is 1.62. The zero-order valence-electron chi connectivity index (χ0n) is 12.0. The fourth-order valence-electron chi connectivity index (χ4n) is 3.17. The van der Waals surface area contributed by atoms with Gasteiger partial charge in [0.1, 0.15) is 0 Å². The monoisotopic (exact) mass is 271 g/mol. The van der Waals surface area contributed by atoms with Crippen LogP contribution in [0.5, 0.6) is 0 Å². The molecule has 106 valence electrons. The van der Waals surface area contributed by atoms with Crippen LogP contribution in [0, 0.1) is 22.7 Å². The van der Waals surface area contributed by atoms with Gasteiger partial charge >= 0.3 is 0 Å². The van der Waals surface area contributed by atoms with E-state index >= 15 is 0 Å². The SMILES string of the molecule is CC1CCC2(CC1)COC(c1ccc(C#N)cc1)OC2. The van der Waals surface area contributed by atoms with E-state index in [1.807, 2.05) is 24.3 Å². The smallest absolute Gasteiger partial charge is 0.183 e. The van der Waals surface area contributed by atoms with Crippen molar-refractivity contribution in [1.82, 2.24) is 0 Å². The Morgan fingerprint density at radius 1 is 1.10 bits per heavy atom. The Kier molecular flexibility index (Phi) is 3.78. The summed E-state index contributed by atoms with van der Waals surface area (Å²) < 4.78 is 11.9. The molecule has 0 radical (unpaired) electrons. The highest BCUT2D eigenvalue weighted by molar-refractivity contribution is 5.32. The lowest BCUT2D eigenvalue weighted by molar-refractivity contribution is -0.241. The van der Waals surface area contributed by atoms with Gasteiger partial charge in [-0.15, -0.1) is 0 Å². The Morgan fingerprint density at radius 3 is 2.25 bits per heavy atom. The molecule has 1 aliphatic carbocycles. The summed E-state index contributed by atoms with van der Waals surface area (Å²) in [6.45, 7) is 3.92. The number of hydrogen-bond acceptors (Lipinski definition) is 3. The van der Waals surface area contributed by atoms with Crippen molar-refractivity contribution >= 4 is 0 Å². The fourth-order valence-corrected chi connectivity index (χ4v) is 3.17. The Bertz CT molecular complexity index is 485. The fraction of sp³-hybridized carbons (Fsp3) is 0.588. The van der Waals surface area contributed by atoms with Gasteiger partial charge in [0.15, 0.2) is 6.29 Å². The molecule has 0 aromatic heterocycles. The predicted molar refractivity (Wildman–Crippen MR) is 75.9 cm³/mol. The summed E-state index contributed by atoms with van der Waals surface area (Å²) in [5.41, 5.74) is 1.92. The van der Waals surface area contributed by atoms with Gasteiger partial charge in [0.05, 0.1) is 24.8 Å². The van der Waals surface area contributed by atoms with E-state index in [1.54, 1.807) is 0 Å². The molecule has 1 spiro atoms. The average Bonchev–Trinajstić information content (AvgIpc) is 2.52. The number of ether oxygens (including phenoxy) is 2. The van der Waals surface area contributed by atoms with Crippen LogP contribution in [0.15, 0.2) is 24.3 Å². The minimum atomic E-state index is -0.271. The molecule has 3 rings (SSSR count). The molecular formula is C17H21NO2. The summed E-state index contributed by atoms with van der Waals surface area (Å²) >= 11 is 0. The maximum absolute atomic E-state index is 8.81. The second-order valence-corrected chi connectivity index (χ2v) is 6.37. The first kappa shape index (κ1) is 13.6. The first-order valence-electron chi connectivity index (χ1n) is 7.44. The number of benzene rings is 1. The number of hydrogen-bond donors (Lipinski definition) is 0. The van der Waals surface area contributed by atoms with Crippen LogP contribution < -0.4 is 0 Å². The van der Waals surface area contributed by atoms with Crippen molar-refractivity contribution in [3.8, 4) is 6.07 Å². The van der Waals surface area contributed by atoms with Gasteiger partial charge < -0.3 is 9.47 Å². The first-order chi connectivity index (χ1) is 9.71. The lowest BCUT2D eigenvalue weighted by Crippen LogP contribution is -2.41. The molecule has 1 saturated carbocycles. The van der Waals surface area contributed by atoms with E-state index in [0.717, 1.165) is 24.7 Å². The van der Waals surface area contributed by atoms with Crippen molar-refractivity contribution in [2.24, 2.45) is 11.3 Å². The second-order valence-electron chi connectivity index (χ2n) is 6.37. The van der Waals surface area contributed by atoms with Crippen LogP contribution in [0.2, 0.25) is 0 Å². The molecular weight excluding hydrogens is 250 g/mol. The standard InChI is InChI=1S/C17H21NO2/c1-13-6-8-17(9-7-13)11-19-16(20-12-17)15-4-2-14(10-18)3-5-15/h2-5,13,16H,6-9,11-12H2,1H3. The van der Waals surface area contributed by atoms with Gasteiger partial charge in [-0.05, 0) is 30.9 Å². The average molecular weight is 271 g/mol. The van der Waals surface area contributed by atoms with Gasteiger partial charge in [-0.1, -0.05) is 31.9 Å². The maximum atomic E-state index is 8.81. The van der Waals surface area contributed by atoms with E-state index in [0.29, 0.717) is 5.56 Å². The molecule has 1 heterocycles. The molecule has 3 nitrogen and oxygen atoms in total. The normalized spacial score (nSPS) is 33.8. The van der Waals surface area contributed by atoms with Crippen LogP contribution in [0.4, 0.5) is 0 Å². The summed E-state index contributed by atoms with van der Waals surface area (Å²) in [5.74, 6) is 0.844. The van der Waals surface area contributed by atoms with Crippen LogP contribution in [0.1, 0.15) is 50.0 Å². The third-order valence-corrected chi connectivity index (χ3v) is 4.73. The van der Waals surface area contributed by atoms with Crippen molar-refractivity contribution in [3.05, 3.63) is 35.4 Å². The molecule has 2 aliphatic rings. The van der Waals surface area contributed by atoms with Gasteiger partial charge in [0.25, 0.3) is 0 Å². The molecule has 0 amide bonds. The largest absolute Gasteiger partial charge is 0.348 e. The van der Waals surface area contributed by atoms with Crippen molar-refractivity contribution < 1.29 is 9.47 Å². The van der Waals surface area contributed by atoms with E-state index in [2.05, 4.69) is 13.0 Å². The quantitative estimate of drug-likeness (QED) is 0.780. The highest BCUT2D eigenvalue weighted by Gasteiger charge is 2.39. The maximum Gasteiger partial charge on any atom is 0.183 e. The number of nitrogens with zero attached hydrogens (tertiary/aromatic N) is 1. The van der Waals surface area contributed by atoms with Crippen molar-refractivity contribution in [1.29, 1.82) is 5.26 Å². The lowest BCUT2D eigenvalue weighted by atomic mass is 9.71. The van der Waals surface area contributed by atoms with Gasteiger partial charge in [0, 0.05) is 11.0 Å². The van der Waals surface area contributed by atoms with Crippen LogP contribution >= 0.6 is 0 Å². The number of rotatable bonds is 1. The van der Waals surface area contributed by atoms with Crippen LogP contribution in [-0.2, 0) is 9.47 Å². The molecule has 2 fully saturated rings. The summed E-state index contributed by atoms with van der Waals surface area (Å²) in [7, 11) is 0. The van der Waals surface area contributed by atoms with E-state index in [-0.39, 0.29) is 11.7 Å². The Morgan fingerprint density at radius 2 is 1.70 bits per heavy atom. The van der Waals surface area contributed by atoms with Crippen molar-refractivity contribution in [2.45, 2.75) is 38.9 Å². The summed E-state index contributed by atoms with van der Waals surface area (Å²) in [4.78, 5) is 0. The molecule has 3 heteroatoms. The second kappa shape index (κ2) is 5.55. The Hall–Kier alpha value is -1.37. The topological polar surface area (TPSA) is 42.2 Å². The lowest BCUT2D eigenvalue weighted by Gasteiger charge is -2.43. The molecule has 0 atom stereocenters. The van der Waals surface area contributed by atoms with Gasteiger partial charge in [-0.25, -0.2) is 0 Å². The zero-order chi connectivity index (χ0) is 14.0. The molecule has 0 bridgehead atoms. The summed E-state index contributed by atoms with van der Waals surface area (Å²) in [5, 5.41) is 8.81. The van der Waals surface area contributed by atoms with Crippen LogP contribution in [0.25, 0.3) is 0 Å². The van der Waals surface area contributed by atoms with E-state index < -0.39 is 0 Å². The minimum absolute atomic E-state index is 0.246. The predicted octanol–water partition coefficient (Wildman–Crippen LogP) is 3.80. The van der Waals surface area contributed by atoms with Crippen LogP contribution in [0.3, 0.4) is 0 Å². The molecule has 20 heavy (non-hydrogen) atoms. The van der Waals surface area contributed by atoms with Crippen molar-refractivity contribution in [3.63, 3.8) is 0 Å². The Labute approximate surface area is 120 Å². The van der Waals surface area contributed by atoms with Gasteiger partial charge in [0.2, 0.25) is 0 Å². The molecule has 1 aromatic rings. The minimum Gasteiger partial charge on any atom is -0.348 e. The van der Waals surface area contributed by atoms with Gasteiger partial charge in [-0.3, -0.25) is 0 Å². The molecule has 0 N–H and O–H groups in total. The summed E-state index contributed by atoms with van der Waals surface area (Å²) in [6.07, 6.45) is 4.73. The van der Waals surface area contributed by atoms with Gasteiger partial charge in [-0.2, -0.15) is 5.26 Å². The highest BCUT2D eigenvalue weighted by Crippen LogP contribution is 2.43. The van der Waals surface area contributed by atoms with Crippen molar-refractivity contribution in [2.75, 3.05) is 13.2 Å².